The highest BCUT2D eigenvalue weighted by Crippen LogP contribution is 2.41. The van der Waals surface area contributed by atoms with Crippen LogP contribution in [0.3, 0.4) is 0 Å². The molecule has 306 valence electrons. The van der Waals surface area contributed by atoms with E-state index in [1.54, 1.807) is 90.3 Å². The van der Waals surface area contributed by atoms with Crippen LogP contribution in [0.15, 0.2) is 65.3 Å². The van der Waals surface area contributed by atoms with E-state index in [0.717, 1.165) is 11.5 Å². The average Bonchev–Trinajstić information content (AvgIpc) is 3.82. The molecule has 1 fully saturated rings. The lowest BCUT2D eigenvalue weighted by Crippen LogP contribution is -2.71. The van der Waals surface area contributed by atoms with Crippen molar-refractivity contribution < 1.29 is 47.6 Å². The van der Waals surface area contributed by atoms with Crippen LogP contribution in [-0.2, 0) is 53.2 Å². The number of aromatic nitrogens is 5. The number of hydrogen-bond acceptors (Lipinski definition) is 15. The van der Waals surface area contributed by atoms with Crippen LogP contribution in [0.2, 0.25) is 0 Å². The summed E-state index contributed by atoms with van der Waals surface area (Å²) in [5, 5.41) is 8.47. The van der Waals surface area contributed by atoms with Gasteiger partial charge in [-0.2, -0.15) is 9.36 Å². The summed E-state index contributed by atoms with van der Waals surface area (Å²) >= 11 is 2.15. The summed E-state index contributed by atoms with van der Waals surface area (Å²) in [7, 11) is 4.91. The number of oxime groups is 1. The first kappa shape index (κ1) is 41.5. The van der Waals surface area contributed by atoms with E-state index in [2.05, 4.69) is 30.1 Å². The number of thioether (sulfide) groups is 1. The van der Waals surface area contributed by atoms with E-state index in [9.17, 15) is 24.0 Å². The molecule has 5 heterocycles. The van der Waals surface area contributed by atoms with E-state index in [4.69, 9.17) is 19.0 Å². The van der Waals surface area contributed by atoms with E-state index in [-0.39, 0.29) is 54.6 Å². The molecule has 3 aromatic heterocycles. The number of nitrogens with zero attached hydrogens (tertiary/aromatic N) is 8. The fourth-order valence-electron chi connectivity index (χ4n) is 5.84. The van der Waals surface area contributed by atoms with Gasteiger partial charge in [0.25, 0.3) is 11.8 Å². The smallest absolute Gasteiger partial charge is 0.414 e. The van der Waals surface area contributed by atoms with E-state index >= 15 is 0 Å². The molecule has 2 aliphatic heterocycles. The number of fused-ring (bicyclic) bond motifs is 2. The maximum atomic E-state index is 14.0. The number of β-lactam (4-membered cyclic amide) rings is 1. The predicted molar refractivity (Wildman–Crippen MR) is 211 cm³/mol. The van der Waals surface area contributed by atoms with Crippen LogP contribution in [0.4, 0.5) is 9.93 Å². The van der Waals surface area contributed by atoms with Crippen molar-refractivity contribution in [3.8, 4) is 5.75 Å². The predicted octanol–water partition coefficient (Wildman–Crippen LogP) is 2.46. The van der Waals surface area contributed by atoms with E-state index in [0.29, 0.717) is 33.8 Å². The number of ether oxygens (including phenoxy) is 3. The Kier molecular flexibility index (Phi) is 12.6. The van der Waals surface area contributed by atoms with Crippen molar-refractivity contribution in [3.63, 3.8) is 0 Å². The van der Waals surface area contributed by atoms with Crippen molar-refractivity contribution in [3.05, 3.63) is 71.6 Å². The van der Waals surface area contributed by atoms with Crippen LogP contribution >= 0.6 is 23.3 Å². The molecule has 0 bridgehead atoms. The third-order valence-corrected chi connectivity index (χ3v) is 10.6. The molecule has 0 aliphatic carbocycles. The van der Waals surface area contributed by atoms with Crippen molar-refractivity contribution in [1.29, 1.82) is 0 Å². The topological polar surface area (TPSA) is 213 Å². The Morgan fingerprint density at radius 1 is 1.12 bits per heavy atom. The van der Waals surface area contributed by atoms with Gasteiger partial charge in [-0.15, -0.1) is 11.8 Å². The number of carbonyl (C=O) groups is 5. The van der Waals surface area contributed by atoms with Gasteiger partial charge in [0.15, 0.2) is 0 Å². The highest BCUT2D eigenvalue weighted by molar-refractivity contribution is 8.00. The van der Waals surface area contributed by atoms with Gasteiger partial charge >= 0.3 is 17.7 Å². The quantitative estimate of drug-likeness (QED) is 0.0615. The summed E-state index contributed by atoms with van der Waals surface area (Å²) in [5.74, 6) is -1.40. The number of hydrogen-bond donors (Lipinski definition) is 2. The maximum absolute atomic E-state index is 14.0. The van der Waals surface area contributed by atoms with E-state index < -0.39 is 40.9 Å². The van der Waals surface area contributed by atoms with Crippen LogP contribution in [0.25, 0.3) is 11.2 Å². The molecule has 58 heavy (non-hydrogen) atoms. The zero-order valence-corrected chi connectivity index (χ0v) is 34.5. The number of esters is 1. The van der Waals surface area contributed by atoms with Gasteiger partial charge in [-0.25, -0.2) is 14.2 Å². The molecule has 0 radical (unpaired) electrons. The minimum absolute atomic E-state index is 0.0489. The van der Waals surface area contributed by atoms with Crippen LogP contribution in [0.1, 0.15) is 39.1 Å². The van der Waals surface area contributed by atoms with Crippen LogP contribution < -0.4 is 19.9 Å². The minimum Gasteiger partial charge on any atom is -0.497 e. The minimum atomic E-state index is -1.06. The van der Waals surface area contributed by atoms with Crippen LogP contribution in [0.5, 0.6) is 5.75 Å². The van der Waals surface area contributed by atoms with Gasteiger partial charge in [0, 0.05) is 37.0 Å². The van der Waals surface area contributed by atoms with Crippen molar-refractivity contribution >= 4 is 75.1 Å². The summed E-state index contributed by atoms with van der Waals surface area (Å²) in [5.41, 5.74) is 1.55. The molecule has 1 saturated heterocycles. The van der Waals surface area contributed by atoms with Gasteiger partial charge in [-0.3, -0.25) is 29.2 Å². The number of carbonyl (C=O) groups excluding carboxylic acids is 5. The third kappa shape index (κ3) is 9.37. The number of anilines is 1. The summed E-state index contributed by atoms with van der Waals surface area (Å²) in [6, 6.07) is 9.64. The molecular formula is C37H43N10O9S2+. The molecule has 21 heteroatoms. The SMILES string of the molecule is CCON=C(C(=O)NC1C(=O)N2C(C(=O)OCc3ccc(OC)cc3)=C(C[n+]3cccc4c3ncn4CC(=O)N(C)C)CSC12)c1nsc(NC(=O)OC(C)(C)C)n1. The lowest BCUT2D eigenvalue weighted by molar-refractivity contribution is -0.664. The Labute approximate surface area is 341 Å². The Morgan fingerprint density at radius 3 is 2.57 bits per heavy atom. The Morgan fingerprint density at radius 2 is 1.88 bits per heavy atom. The molecule has 2 atom stereocenters. The van der Waals surface area contributed by atoms with Crippen LogP contribution in [0, 0.1) is 0 Å². The number of pyridine rings is 1. The first-order valence-corrected chi connectivity index (χ1v) is 19.8. The number of amides is 4. The molecular weight excluding hydrogens is 793 g/mol. The first-order valence-electron chi connectivity index (χ1n) is 18.0. The van der Waals surface area contributed by atoms with Gasteiger partial charge in [0.05, 0.1) is 13.3 Å². The van der Waals surface area contributed by atoms with Crippen molar-refractivity contribution in [2.45, 2.75) is 64.4 Å². The Balaban J connectivity index is 1.25. The van der Waals surface area contributed by atoms with Gasteiger partial charge in [0.1, 0.15) is 60.3 Å². The first-order chi connectivity index (χ1) is 27.7. The zero-order chi connectivity index (χ0) is 41.7. The molecule has 4 aromatic rings. The zero-order valence-electron chi connectivity index (χ0n) is 32.9. The highest BCUT2D eigenvalue weighted by Gasteiger charge is 2.55. The fourth-order valence-corrected chi connectivity index (χ4v) is 7.74. The molecule has 0 saturated carbocycles. The molecule has 1 aromatic carbocycles. The molecule has 6 rings (SSSR count). The number of rotatable bonds is 14. The standard InChI is InChI=1S/C37H42N10O9S2/c1-8-55-42-26(29-40-35(58-43-29)41-36(52)56-37(2,3)4)31(49)39-27-32(50)47-28(34(51)54-18-21-11-13-23(53-7)14-12-21)22(19-57-33(27)47)16-45-15-9-10-24-30(45)38-20-46(24)17-25(48)44(5)6/h9-15,20,27,33H,8,16-19H2,1-7H3,(H-,39,40,41,43,49,52)/p+1. The summed E-state index contributed by atoms with van der Waals surface area (Å²) in [6.07, 6.45) is 2.63. The number of imidazole rings is 1. The molecule has 2 N–H and O–H groups in total. The summed E-state index contributed by atoms with van der Waals surface area (Å²) in [4.78, 5) is 83.3. The van der Waals surface area contributed by atoms with Crippen molar-refractivity contribution in [1.82, 2.24) is 34.0 Å². The highest BCUT2D eigenvalue weighted by atomic mass is 32.2. The van der Waals surface area contributed by atoms with Gasteiger partial charge < -0.3 is 29.3 Å². The third-order valence-electron chi connectivity index (χ3n) is 8.62. The second-order valence-electron chi connectivity index (χ2n) is 14.2. The fraction of sp³-hybridized carbons (Fsp3) is 0.405. The number of benzene rings is 1. The maximum Gasteiger partial charge on any atom is 0.414 e. The lowest BCUT2D eigenvalue weighted by Gasteiger charge is -2.49. The molecule has 2 unspecified atom stereocenters. The Hall–Kier alpha value is -6.09. The second kappa shape index (κ2) is 17.6. The van der Waals surface area contributed by atoms with Crippen molar-refractivity contribution in [2.24, 2.45) is 5.16 Å². The van der Waals surface area contributed by atoms with E-state index in [1.807, 2.05) is 16.7 Å². The second-order valence-corrected chi connectivity index (χ2v) is 16.0. The molecule has 4 amide bonds. The van der Waals surface area contributed by atoms with Crippen molar-refractivity contribution in [2.75, 3.05) is 38.9 Å². The molecule has 19 nitrogen and oxygen atoms in total. The Bertz CT molecular complexity index is 2280. The monoisotopic (exact) mass is 835 g/mol. The normalized spacial score (nSPS) is 16.6. The molecule has 0 spiro atoms. The van der Waals surface area contributed by atoms with Crippen LogP contribution in [-0.4, -0.2) is 115 Å². The molecule has 2 aliphatic rings. The summed E-state index contributed by atoms with van der Waals surface area (Å²) < 4.78 is 24.0. The lowest BCUT2D eigenvalue weighted by atomic mass is 10.0. The largest absolute Gasteiger partial charge is 0.497 e. The number of nitrogens with one attached hydrogen (secondary N) is 2. The van der Waals surface area contributed by atoms with Gasteiger partial charge in [0.2, 0.25) is 28.9 Å². The average molecular weight is 836 g/mol. The van der Waals surface area contributed by atoms with Gasteiger partial charge in [-0.1, -0.05) is 17.3 Å². The van der Waals surface area contributed by atoms with Gasteiger partial charge in [-0.05, 0) is 62.5 Å². The number of methoxy groups -OCH3 is 1. The summed E-state index contributed by atoms with van der Waals surface area (Å²) in [6.45, 7) is 7.11. The number of likely N-dealkylation sites (N-methyl/N-ethyl adjacent to an activating group) is 1. The van der Waals surface area contributed by atoms with E-state index in [1.165, 1.54) is 21.6 Å².